The zero-order valence-corrected chi connectivity index (χ0v) is 21.5. The molecule has 0 amide bonds. The number of halogens is 2. The summed E-state index contributed by atoms with van der Waals surface area (Å²) in [6.07, 6.45) is 3.75. The zero-order chi connectivity index (χ0) is 17.4. The first-order valence-electron chi connectivity index (χ1n) is 8.90. The second-order valence-corrected chi connectivity index (χ2v) is 20.4. The van der Waals surface area contributed by atoms with Crippen LogP contribution in [-0.4, -0.2) is 5.92 Å². The second kappa shape index (κ2) is 9.87. The molecule has 0 aromatic heterocycles. The Balaban J connectivity index is 0.00000169. The van der Waals surface area contributed by atoms with Gasteiger partial charge in [-0.05, 0) is 0 Å². The van der Waals surface area contributed by atoms with Gasteiger partial charge in [0.05, 0.1) is 0 Å². The van der Waals surface area contributed by atoms with Crippen molar-refractivity contribution >= 4 is 12.0 Å². The van der Waals surface area contributed by atoms with E-state index >= 15 is 0 Å². The van der Waals surface area contributed by atoms with Crippen LogP contribution in [0.25, 0.3) is 17.2 Å². The molecule has 4 heteroatoms. The molecule has 0 bridgehead atoms. The maximum absolute atomic E-state index is 2.54. The van der Waals surface area contributed by atoms with E-state index < -0.39 is 0 Å². The maximum atomic E-state index is 2.54. The normalized spacial score (nSPS) is 14.9. The minimum Gasteiger partial charge on any atom is -1.00 e. The van der Waals surface area contributed by atoms with Crippen molar-refractivity contribution in [2.45, 2.75) is 50.8 Å². The molecule has 0 saturated heterocycles. The molecule has 2 aromatic rings. The van der Waals surface area contributed by atoms with Crippen molar-refractivity contribution in [3.8, 4) is 11.1 Å². The average Bonchev–Trinajstić information content (AvgIpc) is 2.84. The summed E-state index contributed by atoms with van der Waals surface area (Å²) in [5.74, 6) is -0.0708. The van der Waals surface area contributed by atoms with Crippen molar-refractivity contribution in [2.24, 2.45) is 0 Å². The Morgan fingerprint density at radius 3 is 2.15 bits per heavy atom. The van der Waals surface area contributed by atoms with E-state index in [9.17, 15) is 0 Å². The first-order chi connectivity index (χ1) is 11.4. The summed E-state index contributed by atoms with van der Waals surface area (Å²) in [6, 6.07) is 11.7. The molecule has 1 unspecified atom stereocenters. The number of allylic oxidation sites excluding steroid dienone is 1. The molecule has 1 radical (unpaired) electrons. The minimum absolute atomic E-state index is 0. The molecule has 1 atom stereocenters. The van der Waals surface area contributed by atoms with Crippen LogP contribution in [0, 0.1) is 20.8 Å². The Bertz CT molecular complexity index is 789. The van der Waals surface area contributed by atoms with Gasteiger partial charge in [-0.1, -0.05) is 0 Å². The quantitative estimate of drug-likeness (QED) is 0.557. The molecule has 0 heterocycles. The fourth-order valence-corrected chi connectivity index (χ4v) is 13.1. The van der Waals surface area contributed by atoms with Crippen LogP contribution >= 0.6 is 0 Å². The van der Waals surface area contributed by atoms with Gasteiger partial charge in [-0.3, -0.25) is 0 Å². The molecule has 0 spiro atoms. The minimum atomic E-state index is -0.343. The number of rotatable bonds is 4. The van der Waals surface area contributed by atoms with Crippen molar-refractivity contribution in [1.82, 2.24) is 0 Å². The Labute approximate surface area is 183 Å². The summed E-state index contributed by atoms with van der Waals surface area (Å²) in [7, 11) is 0. The third-order valence-corrected chi connectivity index (χ3v) is 13.9. The SMILES string of the molecule is CCC1=Cc2c(-c3c(C)cc(C)cc3C)cccc2[CH]1[Zr+2][Si](C)C.[Cl-].[Cl-]. The molecule has 0 fully saturated rings. The van der Waals surface area contributed by atoms with Gasteiger partial charge in [-0.2, -0.15) is 0 Å². The van der Waals surface area contributed by atoms with Crippen LogP contribution in [0.5, 0.6) is 0 Å². The third kappa shape index (κ3) is 4.64. The van der Waals surface area contributed by atoms with E-state index in [4.69, 9.17) is 0 Å². The Kier molecular flexibility index (Phi) is 9.08. The Hall–Kier alpha value is -0.140. The number of hydrogen-bond acceptors (Lipinski definition) is 0. The summed E-state index contributed by atoms with van der Waals surface area (Å²) in [5.41, 5.74) is 12.0. The van der Waals surface area contributed by atoms with Gasteiger partial charge in [0.25, 0.3) is 0 Å². The number of aryl methyl sites for hydroxylation is 3. The molecule has 1 aliphatic rings. The first kappa shape index (κ1) is 23.9. The molecule has 0 saturated carbocycles. The monoisotopic (exact) mass is 479 g/mol. The molecule has 0 aliphatic heterocycles. The first-order valence-corrected chi connectivity index (χ1v) is 16.5. The van der Waals surface area contributed by atoms with Crippen LogP contribution in [0.15, 0.2) is 35.9 Å². The van der Waals surface area contributed by atoms with E-state index in [1.807, 2.05) is 0 Å². The van der Waals surface area contributed by atoms with E-state index in [2.05, 4.69) is 77.2 Å². The van der Waals surface area contributed by atoms with Gasteiger partial charge >= 0.3 is 160 Å². The molecular weight excluding hydrogens is 454 g/mol. The standard InChI is InChI=1S/C20H21.C2H6Si.2ClH.Zr/c1-5-16-11-17-7-6-8-18(19(17)12-16)20-14(3)9-13(2)10-15(20)4;1-3-2;;;/h6-12H,5H2,1-4H3;1-2H3;2*1H;/q;;;;+2/p-2. The summed E-state index contributed by atoms with van der Waals surface area (Å²) in [5, 5.41) is 0. The number of benzene rings is 2. The largest absolute Gasteiger partial charge is 1.00 e. The molecule has 0 nitrogen and oxygen atoms in total. The second-order valence-electron chi connectivity index (χ2n) is 7.23. The maximum Gasteiger partial charge on any atom is -1.00 e. The van der Waals surface area contributed by atoms with E-state index in [0.717, 1.165) is 3.63 Å². The van der Waals surface area contributed by atoms with Gasteiger partial charge in [0.15, 0.2) is 0 Å². The number of fused-ring (bicyclic) bond motifs is 1. The molecular formula is C22H27Cl2SiZr. The topological polar surface area (TPSA) is 0 Å². The molecule has 3 rings (SSSR count). The summed E-state index contributed by atoms with van der Waals surface area (Å²) >= 11 is -0.343. The summed E-state index contributed by atoms with van der Waals surface area (Å²) in [4.78, 5) is 0. The van der Waals surface area contributed by atoms with Crippen molar-refractivity contribution in [1.29, 1.82) is 0 Å². The fourth-order valence-electron chi connectivity index (χ4n) is 4.05. The fraction of sp³-hybridized carbons (Fsp3) is 0.364. The van der Waals surface area contributed by atoms with Crippen LogP contribution in [0.3, 0.4) is 0 Å². The Morgan fingerprint density at radius 1 is 1.00 bits per heavy atom. The van der Waals surface area contributed by atoms with Gasteiger partial charge in [0.2, 0.25) is 0 Å². The Morgan fingerprint density at radius 2 is 1.62 bits per heavy atom. The predicted molar refractivity (Wildman–Crippen MR) is 105 cm³/mol. The van der Waals surface area contributed by atoms with Gasteiger partial charge in [0.1, 0.15) is 0 Å². The predicted octanol–water partition coefficient (Wildman–Crippen LogP) is 0.469. The van der Waals surface area contributed by atoms with E-state index in [-0.39, 0.29) is 53.1 Å². The van der Waals surface area contributed by atoms with Crippen LogP contribution < -0.4 is 24.8 Å². The van der Waals surface area contributed by atoms with Crippen molar-refractivity contribution < 1.29 is 47.2 Å². The van der Waals surface area contributed by atoms with E-state index in [1.165, 1.54) is 39.8 Å². The van der Waals surface area contributed by atoms with Crippen LogP contribution in [0.4, 0.5) is 0 Å². The van der Waals surface area contributed by atoms with Crippen LogP contribution in [-0.2, 0) is 22.4 Å². The summed E-state index contributed by atoms with van der Waals surface area (Å²) in [6.45, 7) is 14.1. The van der Waals surface area contributed by atoms with Gasteiger partial charge < -0.3 is 24.8 Å². The molecule has 2 aromatic carbocycles. The van der Waals surface area contributed by atoms with Gasteiger partial charge in [0, 0.05) is 0 Å². The smallest absolute Gasteiger partial charge is 1.00 e. The number of hydrogen-bond donors (Lipinski definition) is 0. The van der Waals surface area contributed by atoms with E-state index in [0.29, 0.717) is 0 Å². The van der Waals surface area contributed by atoms with Crippen LogP contribution in [0.1, 0.15) is 44.8 Å². The average molecular weight is 482 g/mol. The molecule has 0 N–H and O–H groups in total. The van der Waals surface area contributed by atoms with Gasteiger partial charge in [-0.25, -0.2) is 0 Å². The molecule has 1 aliphatic carbocycles. The molecule has 137 valence electrons. The van der Waals surface area contributed by atoms with Crippen molar-refractivity contribution in [3.63, 3.8) is 0 Å². The van der Waals surface area contributed by atoms with Gasteiger partial charge in [-0.15, -0.1) is 0 Å². The summed E-state index contributed by atoms with van der Waals surface area (Å²) < 4.78 is 0.823. The van der Waals surface area contributed by atoms with Crippen molar-refractivity contribution in [3.05, 3.63) is 63.7 Å². The van der Waals surface area contributed by atoms with Crippen molar-refractivity contribution in [2.75, 3.05) is 0 Å². The van der Waals surface area contributed by atoms with E-state index in [1.54, 1.807) is 11.1 Å². The molecule has 26 heavy (non-hydrogen) atoms. The zero-order valence-electron chi connectivity index (χ0n) is 16.5. The third-order valence-electron chi connectivity index (χ3n) is 4.94. The van der Waals surface area contributed by atoms with Crippen LogP contribution in [0.2, 0.25) is 13.1 Å².